The molecule has 0 bridgehead atoms. The van der Waals surface area contributed by atoms with E-state index in [1.54, 1.807) is 7.11 Å². The molecule has 3 nitrogen and oxygen atoms in total. The van der Waals surface area contributed by atoms with Crippen molar-refractivity contribution in [2.75, 3.05) is 13.7 Å². The predicted molar refractivity (Wildman–Crippen MR) is 62.1 cm³/mol. The number of methoxy groups -OCH3 is 1. The minimum absolute atomic E-state index is 0.486. The van der Waals surface area contributed by atoms with Gasteiger partial charge in [0.1, 0.15) is 11.5 Å². The second-order valence-corrected chi connectivity index (χ2v) is 4.31. The number of benzene rings is 1. The van der Waals surface area contributed by atoms with Crippen LogP contribution in [0.5, 0.6) is 11.5 Å². The first-order chi connectivity index (χ1) is 7.67. The molecule has 0 unspecified atom stereocenters. The van der Waals surface area contributed by atoms with E-state index in [1.807, 2.05) is 25.1 Å². The zero-order chi connectivity index (χ0) is 11.6. The molecular formula is C13H18O3. The van der Waals surface area contributed by atoms with Crippen LogP contribution >= 0.6 is 0 Å². The predicted octanol–water partition coefficient (Wildman–Crippen LogP) is 2.16. The third-order valence-electron chi connectivity index (χ3n) is 2.92. The molecule has 1 aliphatic carbocycles. The molecule has 88 valence electrons. The highest BCUT2D eigenvalue weighted by Gasteiger charge is 2.40. The Labute approximate surface area is 96.0 Å². The van der Waals surface area contributed by atoms with Gasteiger partial charge in [-0.3, -0.25) is 0 Å². The molecular weight excluding hydrogens is 204 g/mol. The highest BCUT2D eigenvalue weighted by molar-refractivity contribution is 5.42. The van der Waals surface area contributed by atoms with Crippen molar-refractivity contribution >= 4 is 0 Å². The van der Waals surface area contributed by atoms with E-state index in [0.717, 1.165) is 29.9 Å². The summed E-state index contributed by atoms with van der Waals surface area (Å²) in [5.41, 5.74) is 0.572. The maximum Gasteiger partial charge on any atom is 0.126 e. The first-order valence-corrected chi connectivity index (χ1v) is 5.69. The van der Waals surface area contributed by atoms with Gasteiger partial charge in [0.25, 0.3) is 0 Å². The number of aliphatic hydroxyl groups is 1. The number of ether oxygens (including phenoxy) is 2. The van der Waals surface area contributed by atoms with Gasteiger partial charge in [0.2, 0.25) is 0 Å². The minimum Gasteiger partial charge on any atom is -0.497 e. The van der Waals surface area contributed by atoms with Gasteiger partial charge in [-0.2, -0.15) is 0 Å². The Morgan fingerprint density at radius 2 is 2.12 bits per heavy atom. The van der Waals surface area contributed by atoms with Gasteiger partial charge in [0.15, 0.2) is 0 Å². The van der Waals surface area contributed by atoms with Crippen LogP contribution in [0.2, 0.25) is 0 Å². The Hall–Kier alpha value is -1.22. The van der Waals surface area contributed by atoms with Crippen molar-refractivity contribution in [3.63, 3.8) is 0 Å². The van der Waals surface area contributed by atoms with Crippen LogP contribution in [-0.4, -0.2) is 24.4 Å². The van der Waals surface area contributed by atoms with E-state index >= 15 is 0 Å². The van der Waals surface area contributed by atoms with E-state index < -0.39 is 5.60 Å². The summed E-state index contributed by atoms with van der Waals surface area (Å²) < 4.78 is 10.7. The first-order valence-electron chi connectivity index (χ1n) is 5.69. The van der Waals surface area contributed by atoms with Gasteiger partial charge in [0.05, 0.1) is 19.3 Å². The van der Waals surface area contributed by atoms with Gasteiger partial charge in [-0.1, -0.05) is 6.07 Å². The summed E-state index contributed by atoms with van der Waals surface area (Å²) in [6.45, 7) is 2.58. The molecule has 1 fully saturated rings. The van der Waals surface area contributed by atoms with Crippen LogP contribution in [0.15, 0.2) is 18.2 Å². The monoisotopic (exact) mass is 222 g/mol. The Morgan fingerprint density at radius 1 is 1.38 bits per heavy atom. The number of hydrogen-bond acceptors (Lipinski definition) is 3. The van der Waals surface area contributed by atoms with Crippen LogP contribution in [-0.2, 0) is 6.42 Å². The van der Waals surface area contributed by atoms with Crippen molar-refractivity contribution in [2.24, 2.45) is 0 Å². The lowest BCUT2D eigenvalue weighted by Gasteiger charge is -2.14. The number of rotatable bonds is 5. The largest absolute Gasteiger partial charge is 0.497 e. The quantitative estimate of drug-likeness (QED) is 0.829. The van der Waals surface area contributed by atoms with Crippen LogP contribution in [0.25, 0.3) is 0 Å². The SMILES string of the molecule is CCOc1cc(OC)ccc1CC1(O)CC1. The Kier molecular flexibility index (Phi) is 3.06. The van der Waals surface area contributed by atoms with E-state index in [2.05, 4.69) is 0 Å². The van der Waals surface area contributed by atoms with Crippen LogP contribution in [0.4, 0.5) is 0 Å². The van der Waals surface area contributed by atoms with Gasteiger partial charge in [-0.15, -0.1) is 0 Å². The minimum atomic E-state index is -0.486. The molecule has 0 aromatic heterocycles. The normalized spacial score (nSPS) is 16.9. The third kappa shape index (κ3) is 2.47. The second-order valence-electron chi connectivity index (χ2n) is 4.31. The van der Waals surface area contributed by atoms with Gasteiger partial charge < -0.3 is 14.6 Å². The molecule has 1 N–H and O–H groups in total. The molecule has 0 saturated heterocycles. The topological polar surface area (TPSA) is 38.7 Å². The molecule has 3 heteroatoms. The average molecular weight is 222 g/mol. The van der Waals surface area contributed by atoms with Gasteiger partial charge >= 0.3 is 0 Å². The summed E-state index contributed by atoms with van der Waals surface area (Å²) in [7, 11) is 1.64. The Bertz CT molecular complexity index is 369. The summed E-state index contributed by atoms with van der Waals surface area (Å²) in [6, 6.07) is 5.76. The molecule has 1 aromatic rings. The summed E-state index contributed by atoms with van der Waals surface area (Å²) in [5.74, 6) is 1.61. The Balaban J connectivity index is 2.20. The van der Waals surface area contributed by atoms with Crippen LogP contribution in [0.3, 0.4) is 0 Å². The van der Waals surface area contributed by atoms with Crippen LogP contribution in [0, 0.1) is 0 Å². The second kappa shape index (κ2) is 4.34. The molecule has 2 rings (SSSR count). The van der Waals surface area contributed by atoms with E-state index in [9.17, 15) is 5.11 Å². The highest BCUT2D eigenvalue weighted by atomic mass is 16.5. The average Bonchev–Trinajstić information content (AvgIpc) is 2.99. The zero-order valence-electron chi connectivity index (χ0n) is 9.82. The summed E-state index contributed by atoms with van der Waals surface area (Å²) in [4.78, 5) is 0. The molecule has 0 heterocycles. The fourth-order valence-electron chi connectivity index (χ4n) is 1.77. The van der Waals surface area contributed by atoms with Crippen LogP contribution in [0.1, 0.15) is 25.3 Å². The molecule has 0 atom stereocenters. The molecule has 0 spiro atoms. The molecule has 0 radical (unpaired) electrons. The van der Waals surface area contributed by atoms with E-state index in [-0.39, 0.29) is 0 Å². The molecule has 1 saturated carbocycles. The summed E-state index contributed by atoms with van der Waals surface area (Å²) >= 11 is 0. The van der Waals surface area contributed by atoms with Crippen molar-refractivity contribution in [3.05, 3.63) is 23.8 Å². The maximum atomic E-state index is 9.91. The summed E-state index contributed by atoms with van der Waals surface area (Å²) in [6.07, 6.45) is 2.46. The fraction of sp³-hybridized carbons (Fsp3) is 0.538. The maximum absolute atomic E-state index is 9.91. The molecule has 0 amide bonds. The van der Waals surface area contributed by atoms with E-state index in [0.29, 0.717) is 13.0 Å². The molecule has 1 aromatic carbocycles. The zero-order valence-corrected chi connectivity index (χ0v) is 9.82. The van der Waals surface area contributed by atoms with Gasteiger partial charge in [0, 0.05) is 12.5 Å². The van der Waals surface area contributed by atoms with Crippen molar-refractivity contribution in [2.45, 2.75) is 31.8 Å². The van der Waals surface area contributed by atoms with E-state index in [4.69, 9.17) is 9.47 Å². The lowest BCUT2D eigenvalue weighted by Crippen LogP contribution is -2.12. The van der Waals surface area contributed by atoms with Gasteiger partial charge in [-0.25, -0.2) is 0 Å². The lowest BCUT2D eigenvalue weighted by molar-refractivity contribution is 0.149. The standard InChI is InChI=1S/C13H18O3/c1-3-16-12-8-11(15-2)5-4-10(12)9-13(14)6-7-13/h4-5,8,14H,3,6-7,9H2,1-2H3. The smallest absolute Gasteiger partial charge is 0.126 e. The molecule has 0 aliphatic heterocycles. The van der Waals surface area contributed by atoms with Crippen LogP contribution < -0.4 is 9.47 Å². The lowest BCUT2D eigenvalue weighted by atomic mass is 10.1. The Morgan fingerprint density at radius 3 is 2.69 bits per heavy atom. The van der Waals surface area contributed by atoms with Crippen molar-refractivity contribution in [1.29, 1.82) is 0 Å². The van der Waals surface area contributed by atoms with Gasteiger partial charge in [-0.05, 0) is 31.4 Å². The molecule has 16 heavy (non-hydrogen) atoms. The summed E-state index contributed by atoms with van der Waals surface area (Å²) in [5, 5.41) is 9.91. The fourth-order valence-corrected chi connectivity index (χ4v) is 1.77. The van der Waals surface area contributed by atoms with Crippen molar-refractivity contribution in [3.8, 4) is 11.5 Å². The van der Waals surface area contributed by atoms with Crippen molar-refractivity contribution in [1.82, 2.24) is 0 Å². The molecule has 1 aliphatic rings. The number of hydrogen-bond donors (Lipinski definition) is 1. The first kappa shape index (κ1) is 11.3. The van der Waals surface area contributed by atoms with E-state index in [1.165, 1.54) is 0 Å². The highest BCUT2D eigenvalue weighted by Crippen LogP contribution is 2.40. The van der Waals surface area contributed by atoms with Crippen molar-refractivity contribution < 1.29 is 14.6 Å². The third-order valence-corrected chi connectivity index (χ3v) is 2.92.